The molecule has 1 aliphatic carbocycles. The van der Waals surface area contributed by atoms with Crippen LogP contribution in [0.15, 0.2) is 32.8 Å². The molecule has 1 fully saturated rings. The number of rotatable bonds is 7. The summed E-state index contributed by atoms with van der Waals surface area (Å²) in [5.74, 6) is -0.900. The molecule has 29 heavy (non-hydrogen) atoms. The van der Waals surface area contributed by atoms with Crippen LogP contribution in [0.25, 0.3) is 11.1 Å². The Morgan fingerprint density at radius 3 is 2.90 bits per heavy atom. The van der Waals surface area contributed by atoms with E-state index >= 15 is 0 Å². The zero-order valence-corrected chi connectivity index (χ0v) is 17.3. The number of hydrogen-bond donors (Lipinski definition) is 1. The lowest BCUT2D eigenvalue weighted by Gasteiger charge is -2.08. The number of nitrogens with zero attached hydrogens (tertiary/aromatic N) is 1. The van der Waals surface area contributed by atoms with Crippen molar-refractivity contribution in [3.8, 4) is 0 Å². The van der Waals surface area contributed by atoms with Crippen molar-refractivity contribution in [2.24, 2.45) is 0 Å². The average molecular weight is 435 g/mol. The molecule has 0 unspecified atom stereocenters. The van der Waals surface area contributed by atoms with Gasteiger partial charge >= 0.3 is 11.7 Å². The summed E-state index contributed by atoms with van der Waals surface area (Å²) in [7, 11) is 0. The molecule has 0 spiro atoms. The molecule has 0 saturated heterocycles. The maximum Gasteiger partial charge on any atom is 0.419 e. The van der Waals surface area contributed by atoms with E-state index in [1.165, 1.54) is 15.9 Å². The van der Waals surface area contributed by atoms with Crippen LogP contribution in [0.5, 0.6) is 0 Å². The highest BCUT2D eigenvalue weighted by Crippen LogP contribution is 2.46. The van der Waals surface area contributed by atoms with E-state index in [1.54, 1.807) is 25.1 Å². The van der Waals surface area contributed by atoms with E-state index in [4.69, 9.17) is 20.8 Å². The van der Waals surface area contributed by atoms with Crippen molar-refractivity contribution in [1.29, 1.82) is 0 Å². The molecular formula is C20H19ClN2O5S. The van der Waals surface area contributed by atoms with Gasteiger partial charge in [0, 0.05) is 24.1 Å². The number of carbonyl (C=O) groups is 2. The van der Waals surface area contributed by atoms with Gasteiger partial charge in [-0.3, -0.25) is 9.36 Å². The first kappa shape index (κ1) is 19.7. The highest BCUT2D eigenvalue weighted by atomic mass is 35.5. The lowest BCUT2D eigenvalue weighted by Crippen LogP contribution is -2.20. The van der Waals surface area contributed by atoms with Crippen LogP contribution in [0.1, 0.15) is 48.0 Å². The summed E-state index contributed by atoms with van der Waals surface area (Å²) in [5.41, 5.74) is 2.34. The number of benzene rings is 1. The second-order valence-corrected chi connectivity index (χ2v) is 8.14. The van der Waals surface area contributed by atoms with Gasteiger partial charge in [0.2, 0.25) is 5.91 Å². The minimum atomic E-state index is -0.547. The fourth-order valence-corrected chi connectivity index (χ4v) is 4.44. The topological polar surface area (TPSA) is 90.5 Å². The Bertz CT molecular complexity index is 1140. The number of amides is 1. The Balaban J connectivity index is 1.49. The molecule has 0 atom stereocenters. The van der Waals surface area contributed by atoms with Gasteiger partial charge in [0.15, 0.2) is 5.58 Å². The number of hydrogen-bond acceptors (Lipinski definition) is 6. The second-order valence-electron chi connectivity index (χ2n) is 6.82. The van der Waals surface area contributed by atoms with Crippen LogP contribution < -0.4 is 11.1 Å². The van der Waals surface area contributed by atoms with Crippen LogP contribution in [0.4, 0.5) is 5.00 Å². The summed E-state index contributed by atoms with van der Waals surface area (Å²) >= 11 is 7.24. The molecule has 152 valence electrons. The van der Waals surface area contributed by atoms with Crippen LogP contribution in [-0.2, 0) is 16.1 Å². The molecule has 0 bridgehead atoms. The predicted molar refractivity (Wildman–Crippen MR) is 111 cm³/mol. The number of nitrogens with one attached hydrogen (secondary N) is 1. The molecular weight excluding hydrogens is 416 g/mol. The third kappa shape index (κ3) is 4.09. The number of oxazole rings is 1. The SMILES string of the molecule is CCOC(=O)c1c(C2CC2)csc1NC(=O)CCn1c(=O)oc2cc(Cl)ccc21. The third-order valence-electron chi connectivity index (χ3n) is 4.76. The molecule has 1 amide bonds. The Kier molecular flexibility index (Phi) is 5.47. The number of fused-ring (bicyclic) bond motifs is 1. The highest BCUT2D eigenvalue weighted by molar-refractivity contribution is 7.15. The Labute approximate surface area is 175 Å². The number of ether oxygens (including phenoxy) is 1. The molecule has 9 heteroatoms. The van der Waals surface area contributed by atoms with Gasteiger partial charge in [-0.2, -0.15) is 0 Å². The highest BCUT2D eigenvalue weighted by Gasteiger charge is 2.32. The van der Waals surface area contributed by atoms with E-state index in [-0.39, 0.29) is 25.5 Å². The van der Waals surface area contributed by atoms with Crippen LogP contribution >= 0.6 is 22.9 Å². The molecule has 1 saturated carbocycles. The number of anilines is 1. The van der Waals surface area contributed by atoms with Gasteiger partial charge < -0.3 is 14.5 Å². The number of esters is 1. The van der Waals surface area contributed by atoms with E-state index in [1.807, 2.05) is 5.38 Å². The first-order chi connectivity index (χ1) is 14.0. The maximum absolute atomic E-state index is 12.5. The van der Waals surface area contributed by atoms with Crippen LogP contribution in [0.3, 0.4) is 0 Å². The predicted octanol–water partition coefficient (Wildman–Crippen LogP) is 4.39. The van der Waals surface area contributed by atoms with E-state index < -0.39 is 11.7 Å². The Morgan fingerprint density at radius 1 is 1.38 bits per heavy atom. The summed E-state index contributed by atoms with van der Waals surface area (Å²) in [6, 6.07) is 4.90. The van der Waals surface area contributed by atoms with Crippen molar-refractivity contribution in [2.75, 3.05) is 11.9 Å². The van der Waals surface area contributed by atoms with E-state index in [2.05, 4.69) is 5.32 Å². The standard InChI is InChI=1S/C20H19ClN2O5S/c1-2-27-19(25)17-13(11-3-4-11)10-29-18(17)22-16(24)7-8-23-14-6-5-12(21)9-15(14)28-20(23)26/h5-6,9-11H,2-4,7-8H2,1H3,(H,22,24). The van der Waals surface area contributed by atoms with Crippen LogP contribution in [0, 0.1) is 0 Å². The fourth-order valence-electron chi connectivity index (χ4n) is 3.23. The van der Waals surface area contributed by atoms with Gasteiger partial charge in [-0.25, -0.2) is 9.59 Å². The van der Waals surface area contributed by atoms with E-state index in [0.29, 0.717) is 32.6 Å². The smallest absolute Gasteiger partial charge is 0.419 e. The fraction of sp³-hybridized carbons (Fsp3) is 0.350. The quantitative estimate of drug-likeness (QED) is 0.557. The van der Waals surface area contributed by atoms with E-state index in [0.717, 1.165) is 18.4 Å². The first-order valence-electron chi connectivity index (χ1n) is 9.35. The summed E-state index contributed by atoms with van der Waals surface area (Å²) in [6.45, 7) is 2.17. The molecule has 1 aliphatic rings. The summed E-state index contributed by atoms with van der Waals surface area (Å²) in [5, 5.41) is 5.67. The average Bonchev–Trinajstić information content (AvgIpc) is 3.36. The van der Waals surface area contributed by atoms with Crippen molar-refractivity contribution in [3.63, 3.8) is 0 Å². The molecule has 1 aromatic carbocycles. The summed E-state index contributed by atoms with van der Waals surface area (Å²) in [6.07, 6.45) is 2.13. The van der Waals surface area contributed by atoms with Crippen LogP contribution in [-0.4, -0.2) is 23.1 Å². The van der Waals surface area contributed by atoms with Gasteiger partial charge in [-0.15, -0.1) is 11.3 Å². The normalized spacial score (nSPS) is 13.6. The monoisotopic (exact) mass is 434 g/mol. The van der Waals surface area contributed by atoms with Crippen molar-refractivity contribution in [3.05, 3.63) is 50.3 Å². The van der Waals surface area contributed by atoms with Gasteiger partial charge in [0.05, 0.1) is 17.7 Å². The minimum Gasteiger partial charge on any atom is -0.462 e. The molecule has 0 radical (unpaired) electrons. The molecule has 2 heterocycles. The number of aryl methyl sites for hydroxylation is 1. The zero-order chi connectivity index (χ0) is 20.5. The largest absolute Gasteiger partial charge is 0.462 e. The molecule has 7 nitrogen and oxygen atoms in total. The molecule has 2 aromatic heterocycles. The number of carbonyl (C=O) groups excluding carboxylic acids is 2. The zero-order valence-electron chi connectivity index (χ0n) is 15.7. The van der Waals surface area contributed by atoms with Gasteiger partial charge in [0.25, 0.3) is 0 Å². The van der Waals surface area contributed by atoms with Crippen molar-refractivity contribution >= 4 is 50.9 Å². The summed E-state index contributed by atoms with van der Waals surface area (Å²) in [4.78, 5) is 37.0. The number of thiophene rings is 1. The second kappa shape index (κ2) is 8.04. The molecule has 3 aromatic rings. The maximum atomic E-state index is 12.5. The first-order valence-corrected chi connectivity index (χ1v) is 10.6. The molecule has 1 N–H and O–H groups in total. The molecule has 0 aliphatic heterocycles. The minimum absolute atomic E-state index is 0.0517. The third-order valence-corrected chi connectivity index (χ3v) is 5.91. The van der Waals surface area contributed by atoms with Crippen molar-refractivity contribution < 1.29 is 18.7 Å². The van der Waals surface area contributed by atoms with Crippen molar-refractivity contribution in [1.82, 2.24) is 4.57 Å². The lowest BCUT2D eigenvalue weighted by molar-refractivity contribution is -0.116. The lowest BCUT2D eigenvalue weighted by atomic mass is 10.1. The van der Waals surface area contributed by atoms with Gasteiger partial charge in [0.1, 0.15) is 5.00 Å². The number of halogens is 1. The Morgan fingerprint density at radius 2 is 2.17 bits per heavy atom. The van der Waals surface area contributed by atoms with Crippen LogP contribution in [0.2, 0.25) is 5.02 Å². The van der Waals surface area contributed by atoms with Gasteiger partial charge in [-0.05, 0) is 48.8 Å². The molecule has 4 rings (SSSR count). The summed E-state index contributed by atoms with van der Waals surface area (Å²) < 4.78 is 11.7. The Hall–Kier alpha value is -2.58. The van der Waals surface area contributed by atoms with Crippen molar-refractivity contribution in [2.45, 2.75) is 38.6 Å². The number of aromatic nitrogens is 1. The van der Waals surface area contributed by atoms with E-state index in [9.17, 15) is 14.4 Å². The van der Waals surface area contributed by atoms with Gasteiger partial charge in [-0.1, -0.05) is 11.6 Å².